The highest BCUT2D eigenvalue weighted by atomic mass is 16.6. The van der Waals surface area contributed by atoms with Crippen LogP contribution in [0.2, 0.25) is 0 Å². The second-order valence-corrected chi connectivity index (χ2v) is 7.73. The molecule has 0 spiro atoms. The van der Waals surface area contributed by atoms with Crippen LogP contribution in [0.3, 0.4) is 0 Å². The third-order valence-electron chi connectivity index (χ3n) is 2.78. The zero-order valence-corrected chi connectivity index (χ0v) is 15.9. The maximum atomic E-state index is 12.3. The lowest BCUT2D eigenvalue weighted by atomic mass is 10.2. The van der Waals surface area contributed by atoms with E-state index in [1.54, 1.807) is 41.5 Å². The van der Waals surface area contributed by atoms with Gasteiger partial charge in [-0.05, 0) is 47.1 Å². The van der Waals surface area contributed by atoms with E-state index in [1.165, 1.54) is 0 Å². The average molecular weight is 351 g/mol. The Bertz CT molecular complexity index is 557. The summed E-state index contributed by atoms with van der Waals surface area (Å²) in [5.74, 6) is -0.563. The standard InChI is InChI=1S/C19H29NO5/c1-18(2,3)24-16(21)15(20-17(22)25-19(4,5)6)13-23-12-14-10-8-7-9-11-14/h7-11,15H,12-13H2,1-6H3,(H,20,22)/t15-/m0/s1. The van der Waals surface area contributed by atoms with E-state index in [-0.39, 0.29) is 6.61 Å². The van der Waals surface area contributed by atoms with Crippen LogP contribution in [0.25, 0.3) is 0 Å². The summed E-state index contributed by atoms with van der Waals surface area (Å²) in [5, 5.41) is 2.52. The van der Waals surface area contributed by atoms with E-state index in [0.29, 0.717) is 6.61 Å². The van der Waals surface area contributed by atoms with Crippen molar-refractivity contribution in [3.63, 3.8) is 0 Å². The number of hydrogen-bond donors (Lipinski definition) is 1. The first-order valence-corrected chi connectivity index (χ1v) is 8.30. The fourth-order valence-electron chi connectivity index (χ4n) is 1.86. The summed E-state index contributed by atoms with van der Waals surface area (Å²) < 4.78 is 16.1. The molecule has 0 aliphatic heterocycles. The van der Waals surface area contributed by atoms with Crippen LogP contribution in [0.1, 0.15) is 47.1 Å². The third kappa shape index (κ3) is 9.72. The van der Waals surface area contributed by atoms with Gasteiger partial charge in [-0.2, -0.15) is 0 Å². The Balaban J connectivity index is 2.66. The number of ether oxygens (including phenoxy) is 3. The molecule has 1 amide bonds. The van der Waals surface area contributed by atoms with Gasteiger partial charge in [0.25, 0.3) is 0 Å². The predicted molar refractivity (Wildman–Crippen MR) is 95.1 cm³/mol. The van der Waals surface area contributed by atoms with Gasteiger partial charge in [0.05, 0.1) is 13.2 Å². The molecule has 6 nitrogen and oxygen atoms in total. The Morgan fingerprint density at radius 1 is 0.960 bits per heavy atom. The van der Waals surface area contributed by atoms with Gasteiger partial charge in [-0.15, -0.1) is 0 Å². The maximum absolute atomic E-state index is 12.3. The van der Waals surface area contributed by atoms with Crippen molar-refractivity contribution in [3.05, 3.63) is 35.9 Å². The fourth-order valence-corrected chi connectivity index (χ4v) is 1.86. The van der Waals surface area contributed by atoms with E-state index in [0.717, 1.165) is 5.56 Å². The van der Waals surface area contributed by atoms with Gasteiger partial charge >= 0.3 is 12.1 Å². The molecule has 0 saturated heterocycles. The molecule has 0 aliphatic carbocycles. The molecule has 1 N–H and O–H groups in total. The molecule has 0 radical (unpaired) electrons. The highest BCUT2D eigenvalue weighted by molar-refractivity contribution is 5.81. The highest BCUT2D eigenvalue weighted by Gasteiger charge is 2.28. The van der Waals surface area contributed by atoms with Crippen LogP contribution in [-0.4, -0.2) is 35.9 Å². The molecule has 1 rings (SSSR count). The molecule has 0 aromatic heterocycles. The number of hydrogen-bond acceptors (Lipinski definition) is 5. The van der Waals surface area contributed by atoms with Crippen LogP contribution < -0.4 is 5.32 Å². The summed E-state index contributed by atoms with van der Waals surface area (Å²) in [5.41, 5.74) is -0.347. The third-order valence-corrected chi connectivity index (χ3v) is 2.78. The second kappa shape index (κ2) is 8.85. The minimum atomic E-state index is -0.946. The van der Waals surface area contributed by atoms with Gasteiger partial charge in [0.1, 0.15) is 11.2 Å². The fraction of sp³-hybridized carbons (Fsp3) is 0.579. The minimum Gasteiger partial charge on any atom is -0.458 e. The molecule has 0 aliphatic rings. The zero-order chi connectivity index (χ0) is 19.1. The quantitative estimate of drug-likeness (QED) is 0.795. The Morgan fingerprint density at radius 3 is 2.04 bits per heavy atom. The molecule has 25 heavy (non-hydrogen) atoms. The highest BCUT2D eigenvalue weighted by Crippen LogP contribution is 2.11. The van der Waals surface area contributed by atoms with Gasteiger partial charge < -0.3 is 19.5 Å². The molecule has 0 unspecified atom stereocenters. The molecule has 1 aromatic carbocycles. The molecule has 140 valence electrons. The van der Waals surface area contributed by atoms with Crippen LogP contribution in [-0.2, 0) is 25.6 Å². The van der Waals surface area contributed by atoms with Crippen molar-refractivity contribution >= 4 is 12.1 Å². The number of nitrogens with one attached hydrogen (secondary N) is 1. The number of rotatable bonds is 6. The largest absolute Gasteiger partial charge is 0.458 e. The first kappa shape index (κ1) is 21.0. The van der Waals surface area contributed by atoms with E-state index >= 15 is 0 Å². The van der Waals surface area contributed by atoms with Crippen LogP contribution in [0, 0.1) is 0 Å². The Kier molecular flexibility index (Phi) is 7.42. The van der Waals surface area contributed by atoms with E-state index < -0.39 is 29.3 Å². The monoisotopic (exact) mass is 351 g/mol. The van der Waals surface area contributed by atoms with Gasteiger partial charge in [-0.25, -0.2) is 9.59 Å². The molecule has 0 fully saturated rings. The first-order chi connectivity index (χ1) is 11.5. The average Bonchev–Trinajstić information content (AvgIpc) is 2.43. The van der Waals surface area contributed by atoms with Crippen molar-refractivity contribution in [1.82, 2.24) is 5.32 Å². The molecular formula is C19H29NO5. The van der Waals surface area contributed by atoms with Crippen LogP contribution in [0.15, 0.2) is 30.3 Å². The number of alkyl carbamates (subject to hydrolysis) is 1. The topological polar surface area (TPSA) is 73.9 Å². The molecule has 1 atom stereocenters. The number of amides is 1. The van der Waals surface area contributed by atoms with Crippen molar-refractivity contribution in [3.8, 4) is 0 Å². The number of carbonyl (C=O) groups excluding carboxylic acids is 2. The molecule has 6 heteroatoms. The molecule has 0 heterocycles. The van der Waals surface area contributed by atoms with Crippen molar-refractivity contribution in [2.45, 2.75) is 65.4 Å². The van der Waals surface area contributed by atoms with Crippen molar-refractivity contribution in [2.75, 3.05) is 6.61 Å². The van der Waals surface area contributed by atoms with Gasteiger partial charge in [0.15, 0.2) is 6.04 Å². The Hall–Kier alpha value is -2.08. The van der Waals surface area contributed by atoms with Crippen molar-refractivity contribution in [1.29, 1.82) is 0 Å². The SMILES string of the molecule is CC(C)(C)OC(=O)N[C@@H](COCc1ccccc1)C(=O)OC(C)(C)C. The van der Waals surface area contributed by atoms with E-state index in [1.807, 2.05) is 30.3 Å². The smallest absolute Gasteiger partial charge is 0.408 e. The molecular weight excluding hydrogens is 322 g/mol. The van der Waals surface area contributed by atoms with Crippen molar-refractivity contribution in [2.24, 2.45) is 0 Å². The van der Waals surface area contributed by atoms with Crippen LogP contribution >= 0.6 is 0 Å². The zero-order valence-electron chi connectivity index (χ0n) is 15.9. The molecule has 1 aromatic rings. The normalized spacial score (nSPS) is 13.0. The van der Waals surface area contributed by atoms with Gasteiger partial charge in [0, 0.05) is 0 Å². The predicted octanol–water partition coefficient (Wildman–Crippen LogP) is 3.44. The number of carbonyl (C=O) groups is 2. The summed E-state index contributed by atoms with van der Waals surface area (Å²) >= 11 is 0. The minimum absolute atomic E-state index is 0.0109. The lowest BCUT2D eigenvalue weighted by Crippen LogP contribution is -2.48. The summed E-state index contributed by atoms with van der Waals surface area (Å²) in [6, 6.07) is 8.62. The number of benzene rings is 1. The summed E-state index contributed by atoms with van der Waals surface area (Å²) in [6.07, 6.45) is -0.688. The van der Waals surface area contributed by atoms with Gasteiger partial charge in [0.2, 0.25) is 0 Å². The van der Waals surface area contributed by atoms with E-state index in [2.05, 4.69) is 5.32 Å². The lowest BCUT2D eigenvalue weighted by molar-refractivity contribution is -0.159. The summed E-state index contributed by atoms with van der Waals surface area (Å²) in [7, 11) is 0. The van der Waals surface area contributed by atoms with E-state index in [9.17, 15) is 9.59 Å². The van der Waals surface area contributed by atoms with Crippen LogP contribution in [0.4, 0.5) is 4.79 Å². The molecule has 0 saturated carbocycles. The van der Waals surface area contributed by atoms with Gasteiger partial charge in [-0.3, -0.25) is 0 Å². The lowest BCUT2D eigenvalue weighted by Gasteiger charge is -2.26. The van der Waals surface area contributed by atoms with Crippen molar-refractivity contribution < 1.29 is 23.8 Å². The Morgan fingerprint density at radius 2 is 1.52 bits per heavy atom. The molecule has 0 bridgehead atoms. The maximum Gasteiger partial charge on any atom is 0.408 e. The summed E-state index contributed by atoms with van der Waals surface area (Å²) in [4.78, 5) is 24.3. The number of esters is 1. The van der Waals surface area contributed by atoms with Gasteiger partial charge in [-0.1, -0.05) is 30.3 Å². The van der Waals surface area contributed by atoms with E-state index in [4.69, 9.17) is 14.2 Å². The Labute approximate surface area is 149 Å². The first-order valence-electron chi connectivity index (χ1n) is 8.30. The van der Waals surface area contributed by atoms with Crippen LogP contribution in [0.5, 0.6) is 0 Å². The summed E-state index contributed by atoms with van der Waals surface area (Å²) in [6.45, 7) is 10.9. The second-order valence-electron chi connectivity index (χ2n) is 7.73.